The summed E-state index contributed by atoms with van der Waals surface area (Å²) in [5, 5.41) is 14.0. The largest absolute Gasteiger partial charge is 0.379 e. The predicted molar refractivity (Wildman–Crippen MR) is 77.7 cm³/mol. The van der Waals surface area contributed by atoms with Gasteiger partial charge in [0.25, 0.3) is 11.6 Å². The van der Waals surface area contributed by atoms with Gasteiger partial charge in [-0.05, 0) is 19.1 Å². The molecular formula is C14H17N3O3. The number of amides is 1. The highest BCUT2D eigenvalue weighted by atomic mass is 16.6. The first kappa shape index (κ1) is 15.5. The van der Waals surface area contributed by atoms with Crippen molar-refractivity contribution >= 4 is 17.3 Å². The summed E-state index contributed by atoms with van der Waals surface area (Å²) in [5.41, 5.74) is 0.575. The lowest BCUT2D eigenvalue weighted by Gasteiger charge is -2.11. The van der Waals surface area contributed by atoms with Crippen molar-refractivity contribution in [1.82, 2.24) is 4.90 Å². The molecule has 6 nitrogen and oxygen atoms in total. The summed E-state index contributed by atoms with van der Waals surface area (Å²) in [5.74, 6) is 5.36. The summed E-state index contributed by atoms with van der Waals surface area (Å²) in [6.45, 7) is 2.26. The highest BCUT2D eigenvalue weighted by molar-refractivity contribution is 5.95. The van der Waals surface area contributed by atoms with Crippen molar-refractivity contribution in [2.75, 3.05) is 26.0 Å². The Morgan fingerprint density at radius 2 is 2.15 bits per heavy atom. The monoisotopic (exact) mass is 275 g/mol. The van der Waals surface area contributed by atoms with Gasteiger partial charge in [0.2, 0.25) is 0 Å². The van der Waals surface area contributed by atoms with Crippen LogP contribution in [0.5, 0.6) is 0 Å². The summed E-state index contributed by atoms with van der Waals surface area (Å²) >= 11 is 0. The number of nitrogens with zero attached hydrogens (tertiary/aromatic N) is 2. The molecule has 1 aromatic carbocycles. The second kappa shape index (κ2) is 7.14. The minimum Gasteiger partial charge on any atom is -0.379 e. The summed E-state index contributed by atoms with van der Waals surface area (Å²) in [4.78, 5) is 23.7. The third kappa shape index (κ3) is 3.99. The third-order valence-electron chi connectivity index (χ3n) is 2.59. The first-order valence-electron chi connectivity index (χ1n) is 6.11. The predicted octanol–water partition coefficient (Wildman–Crippen LogP) is 2.12. The molecule has 1 N–H and O–H groups in total. The van der Waals surface area contributed by atoms with Gasteiger partial charge in [0, 0.05) is 38.7 Å². The van der Waals surface area contributed by atoms with Crippen LogP contribution >= 0.6 is 0 Å². The van der Waals surface area contributed by atoms with Gasteiger partial charge in [-0.15, -0.1) is 11.8 Å². The van der Waals surface area contributed by atoms with E-state index in [1.165, 1.54) is 11.0 Å². The molecule has 0 unspecified atom stereocenters. The van der Waals surface area contributed by atoms with Gasteiger partial charge in [0.15, 0.2) is 0 Å². The van der Waals surface area contributed by atoms with E-state index in [1.807, 2.05) is 0 Å². The number of rotatable bonds is 5. The van der Waals surface area contributed by atoms with E-state index in [0.717, 1.165) is 0 Å². The van der Waals surface area contributed by atoms with Crippen molar-refractivity contribution < 1.29 is 9.72 Å². The molecule has 20 heavy (non-hydrogen) atoms. The molecule has 0 radical (unpaired) electrons. The molecule has 0 aliphatic rings. The number of nitro groups is 1. The van der Waals surface area contributed by atoms with E-state index < -0.39 is 4.92 Å². The van der Waals surface area contributed by atoms with Gasteiger partial charge in [0.1, 0.15) is 5.69 Å². The molecule has 0 fully saturated rings. The molecule has 0 spiro atoms. The molecule has 106 valence electrons. The molecule has 1 aromatic rings. The molecule has 0 aliphatic carbocycles. The fraction of sp³-hybridized carbons (Fsp3) is 0.357. The van der Waals surface area contributed by atoms with Crippen LogP contribution in [0, 0.1) is 22.0 Å². The normalized spacial score (nSPS) is 9.35. The van der Waals surface area contributed by atoms with Crippen LogP contribution in [-0.4, -0.2) is 36.4 Å². The van der Waals surface area contributed by atoms with Crippen molar-refractivity contribution in [3.8, 4) is 11.8 Å². The van der Waals surface area contributed by atoms with Crippen LogP contribution in [0.1, 0.15) is 23.7 Å². The topological polar surface area (TPSA) is 75.5 Å². The molecule has 0 heterocycles. The maximum absolute atomic E-state index is 11.8. The third-order valence-corrected chi connectivity index (χ3v) is 2.59. The molecule has 1 rings (SSSR count). The second-order valence-electron chi connectivity index (χ2n) is 4.29. The van der Waals surface area contributed by atoms with Crippen molar-refractivity contribution in [2.45, 2.75) is 13.3 Å². The Kier molecular flexibility index (Phi) is 5.54. The van der Waals surface area contributed by atoms with Gasteiger partial charge in [-0.3, -0.25) is 14.9 Å². The average Bonchev–Trinajstić information content (AvgIpc) is 2.42. The average molecular weight is 275 g/mol. The Morgan fingerprint density at radius 3 is 2.70 bits per heavy atom. The molecule has 0 saturated carbocycles. The van der Waals surface area contributed by atoms with Crippen molar-refractivity contribution in [2.24, 2.45) is 0 Å². The number of hydrogen-bond donors (Lipinski definition) is 1. The highest BCUT2D eigenvalue weighted by Crippen LogP contribution is 2.25. The van der Waals surface area contributed by atoms with E-state index in [4.69, 9.17) is 0 Å². The lowest BCUT2D eigenvalue weighted by atomic mass is 10.1. The molecule has 1 amide bonds. The number of hydrogen-bond acceptors (Lipinski definition) is 4. The Balaban J connectivity index is 2.98. The summed E-state index contributed by atoms with van der Waals surface area (Å²) in [7, 11) is 3.20. The molecule has 0 aliphatic heterocycles. The van der Waals surface area contributed by atoms with E-state index in [0.29, 0.717) is 24.2 Å². The Hall–Kier alpha value is -2.55. The number of carbonyl (C=O) groups is 1. The number of benzene rings is 1. The van der Waals surface area contributed by atoms with E-state index in [-0.39, 0.29) is 11.6 Å². The number of carbonyl (C=O) groups excluding carboxylic acids is 1. The summed E-state index contributed by atoms with van der Waals surface area (Å²) in [6, 6.07) is 4.41. The van der Waals surface area contributed by atoms with Crippen LogP contribution in [0.2, 0.25) is 0 Å². The SMILES string of the molecule is CC#CCCNc1ccc(C(=O)N(C)C)cc1[N+](=O)[O-]. The maximum atomic E-state index is 11.8. The lowest BCUT2D eigenvalue weighted by molar-refractivity contribution is -0.384. The van der Waals surface area contributed by atoms with E-state index in [1.54, 1.807) is 33.2 Å². The zero-order chi connectivity index (χ0) is 15.1. The van der Waals surface area contributed by atoms with Gasteiger partial charge in [-0.1, -0.05) is 0 Å². The Labute approximate surface area is 117 Å². The molecule has 0 bridgehead atoms. The number of nitrogens with one attached hydrogen (secondary N) is 1. The highest BCUT2D eigenvalue weighted by Gasteiger charge is 2.18. The Bertz CT molecular complexity index is 571. The smallest absolute Gasteiger partial charge is 0.293 e. The zero-order valence-corrected chi connectivity index (χ0v) is 11.8. The van der Waals surface area contributed by atoms with Gasteiger partial charge in [-0.2, -0.15) is 0 Å². The van der Waals surface area contributed by atoms with Gasteiger partial charge in [0.05, 0.1) is 4.92 Å². The van der Waals surface area contributed by atoms with E-state index >= 15 is 0 Å². The molecule has 0 saturated heterocycles. The summed E-state index contributed by atoms with van der Waals surface area (Å²) < 4.78 is 0. The molecule has 0 atom stereocenters. The molecule has 6 heteroatoms. The maximum Gasteiger partial charge on any atom is 0.293 e. The lowest BCUT2D eigenvalue weighted by Crippen LogP contribution is -2.21. The first-order valence-corrected chi connectivity index (χ1v) is 6.11. The van der Waals surface area contributed by atoms with Gasteiger partial charge in [-0.25, -0.2) is 0 Å². The van der Waals surface area contributed by atoms with Crippen molar-refractivity contribution in [3.63, 3.8) is 0 Å². The van der Waals surface area contributed by atoms with Crippen molar-refractivity contribution in [3.05, 3.63) is 33.9 Å². The molecule has 0 aromatic heterocycles. The standard InChI is InChI=1S/C14H17N3O3/c1-4-5-6-9-15-12-8-7-11(14(18)16(2)3)10-13(12)17(19)20/h7-8,10,15H,6,9H2,1-3H3. The number of anilines is 1. The van der Waals surface area contributed by atoms with Crippen LogP contribution in [-0.2, 0) is 0 Å². The summed E-state index contributed by atoms with van der Waals surface area (Å²) in [6.07, 6.45) is 0.603. The van der Waals surface area contributed by atoms with Crippen LogP contribution in [0.3, 0.4) is 0 Å². The zero-order valence-electron chi connectivity index (χ0n) is 11.8. The van der Waals surface area contributed by atoms with Gasteiger partial charge >= 0.3 is 0 Å². The quantitative estimate of drug-likeness (QED) is 0.386. The first-order chi connectivity index (χ1) is 9.47. The van der Waals surface area contributed by atoms with Crippen LogP contribution < -0.4 is 5.32 Å². The number of nitro benzene ring substituents is 1. The van der Waals surface area contributed by atoms with E-state index in [2.05, 4.69) is 17.2 Å². The fourth-order valence-corrected chi connectivity index (χ4v) is 1.61. The van der Waals surface area contributed by atoms with Crippen LogP contribution in [0.15, 0.2) is 18.2 Å². The van der Waals surface area contributed by atoms with E-state index in [9.17, 15) is 14.9 Å². The second-order valence-corrected chi connectivity index (χ2v) is 4.29. The fourth-order valence-electron chi connectivity index (χ4n) is 1.61. The minimum absolute atomic E-state index is 0.109. The van der Waals surface area contributed by atoms with Crippen LogP contribution in [0.4, 0.5) is 11.4 Å². The van der Waals surface area contributed by atoms with Gasteiger partial charge < -0.3 is 10.2 Å². The van der Waals surface area contributed by atoms with Crippen LogP contribution in [0.25, 0.3) is 0 Å². The minimum atomic E-state index is -0.500. The Morgan fingerprint density at radius 1 is 1.45 bits per heavy atom. The molecular weight excluding hydrogens is 258 g/mol. The van der Waals surface area contributed by atoms with Crippen molar-refractivity contribution in [1.29, 1.82) is 0 Å².